The first-order valence-corrected chi connectivity index (χ1v) is 5.13. The highest BCUT2D eigenvalue weighted by molar-refractivity contribution is 5.85. The Labute approximate surface area is 107 Å². The molecule has 19 heavy (non-hydrogen) atoms. The second-order valence-corrected chi connectivity index (χ2v) is 3.06. The summed E-state index contributed by atoms with van der Waals surface area (Å²) in [7, 11) is 1.67. The van der Waals surface area contributed by atoms with E-state index in [1.807, 2.05) is 6.92 Å². The average Bonchev–Trinajstić information content (AvgIpc) is 2.27. The van der Waals surface area contributed by atoms with Crippen LogP contribution in [0.3, 0.4) is 0 Å². The molecule has 0 heterocycles. The maximum Gasteiger partial charge on any atom is 0.490 e. The van der Waals surface area contributed by atoms with Crippen LogP contribution in [0.15, 0.2) is 0 Å². The van der Waals surface area contributed by atoms with E-state index < -0.39 is 12.1 Å². The maximum absolute atomic E-state index is 10.8. The molecule has 4 N–H and O–H groups in total. The molecule has 0 bridgehead atoms. The molecule has 0 aliphatic carbocycles. The summed E-state index contributed by atoms with van der Waals surface area (Å²) < 4.78 is 31.7. The molecule has 0 aliphatic heterocycles. The summed E-state index contributed by atoms with van der Waals surface area (Å²) in [4.78, 5) is 30.5. The third-order valence-electron chi connectivity index (χ3n) is 1.40. The monoisotopic (exact) mass is 287 g/mol. The third kappa shape index (κ3) is 14.1. The van der Waals surface area contributed by atoms with Crippen LogP contribution in [0.1, 0.15) is 6.92 Å². The zero-order valence-electron chi connectivity index (χ0n) is 10.4. The number of nitrogens with one attached hydrogen (secondary N) is 3. The summed E-state index contributed by atoms with van der Waals surface area (Å²) in [5.74, 6) is -3.10. The fourth-order valence-electron chi connectivity index (χ4n) is 0.662. The molecule has 0 radical (unpaired) electrons. The van der Waals surface area contributed by atoms with Crippen LogP contribution >= 0.6 is 0 Å². The number of halogens is 3. The molecule has 112 valence electrons. The van der Waals surface area contributed by atoms with Gasteiger partial charge in [-0.1, -0.05) is 0 Å². The van der Waals surface area contributed by atoms with Gasteiger partial charge in [0.1, 0.15) is 0 Å². The topological polar surface area (TPSA) is 108 Å². The van der Waals surface area contributed by atoms with Crippen molar-refractivity contribution in [2.75, 3.05) is 26.7 Å². The van der Waals surface area contributed by atoms with Crippen LogP contribution in [0.5, 0.6) is 0 Å². The first-order valence-electron chi connectivity index (χ1n) is 5.13. The fourth-order valence-corrected chi connectivity index (χ4v) is 0.662. The number of aliphatic carboxylic acids is 1. The molecule has 0 aromatic rings. The molecule has 0 rings (SSSR count). The smallest absolute Gasteiger partial charge is 0.475 e. The van der Waals surface area contributed by atoms with Crippen LogP contribution in [0.2, 0.25) is 0 Å². The zero-order valence-corrected chi connectivity index (χ0v) is 10.4. The minimum absolute atomic E-state index is 0.0500. The van der Waals surface area contributed by atoms with Gasteiger partial charge in [0.05, 0.1) is 13.1 Å². The molecule has 0 saturated carbocycles. The van der Waals surface area contributed by atoms with Gasteiger partial charge < -0.3 is 21.1 Å². The van der Waals surface area contributed by atoms with Gasteiger partial charge in [-0.3, -0.25) is 9.59 Å². The largest absolute Gasteiger partial charge is 0.490 e. The van der Waals surface area contributed by atoms with E-state index in [4.69, 9.17) is 9.90 Å². The lowest BCUT2D eigenvalue weighted by atomic mass is 10.5. The molecule has 0 unspecified atom stereocenters. The number of likely N-dealkylation sites (N-methyl/N-ethyl adjacent to an activating group) is 2. The second-order valence-electron chi connectivity index (χ2n) is 3.06. The van der Waals surface area contributed by atoms with Crippen molar-refractivity contribution in [2.45, 2.75) is 13.1 Å². The van der Waals surface area contributed by atoms with Gasteiger partial charge in [-0.15, -0.1) is 0 Å². The normalized spacial score (nSPS) is 9.95. The summed E-state index contributed by atoms with van der Waals surface area (Å²) in [6.45, 7) is 2.70. The molecule has 0 aliphatic rings. The Bertz CT molecular complexity index is 290. The van der Waals surface area contributed by atoms with E-state index in [1.54, 1.807) is 7.05 Å². The van der Waals surface area contributed by atoms with Gasteiger partial charge in [0, 0.05) is 6.54 Å². The van der Waals surface area contributed by atoms with E-state index in [0.29, 0.717) is 6.54 Å². The summed E-state index contributed by atoms with van der Waals surface area (Å²) in [6, 6.07) is 0. The lowest BCUT2D eigenvalue weighted by Crippen LogP contribution is -2.39. The van der Waals surface area contributed by atoms with E-state index >= 15 is 0 Å². The van der Waals surface area contributed by atoms with E-state index in [2.05, 4.69) is 16.0 Å². The minimum Gasteiger partial charge on any atom is -0.475 e. The summed E-state index contributed by atoms with van der Waals surface area (Å²) in [6.07, 6.45) is -5.08. The second kappa shape index (κ2) is 10.1. The van der Waals surface area contributed by atoms with Crippen LogP contribution < -0.4 is 16.0 Å². The van der Waals surface area contributed by atoms with Crippen LogP contribution in [0, 0.1) is 0 Å². The summed E-state index contributed by atoms with van der Waals surface area (Å²) in [5.41, 5.74) is 0. The molecular weight excluding hydrogens is 271 g/mol. The van der Waals surface area contributed by atoms with Crippen molar-refractivity contribution in [3.05, 3.63) is 0 Å². The van der Waals surface area contributed by atoms with E-state index in [0.717, 1.165) is 0 Å². The fraction of sp³-hybridized carbons (Fsp3) is 0.667. The Morgan fingerprint density at radius 1 is 1.05 bits per heavy atom. The van der Waals surface area contributed by atoms with E-state index in [-0.39, 0.29) is 24.9 Å². The van der Waals surface area contributed by atoms with Gasteiger partial charge in [0.25, 0.3) is 0 Å². The van der Waals surface area contributed by atoms with Crippen molar-refractivity contribution in [1.29, 1.82) is 0 Å². The summed E-state index contributed by atoms with van der Waals surface area (Å²) >= 11 is 0. The molecule has 0 fully saturated rings. The third-order valence-corrected chi connectivity index (χ3v) is 1.40. The SMILES string of the molecule is CCNC(=O)CNC(=O)CNC.O=C(O)C(F)(F)F. The van der Waals surface area contributed by atoms with Crippen molar-refractivity contribution in [3.63, 3.8) is 0 Å². The molecular formula is C9H16F3N3O4. The highest BCUT2D eigenvalue weighted by Gasteiger charge is 2.38. The quantitative estimate of drug-likeness (QED) is 0.524. The Hall–Kier alpha value is -1.84. The van der Waals surface area contributed by atoms with E-state index in [1.165, 1.54) is 0 Å². The molecule has 0 atom stereocenters. The number of hydrogen-bond acceptors (Lipinski definition) is 4. The minimum atomic E-state index is -5.08. The van der Waals surface area contributed by atoms with Crippen molar-refractivity contribution in [3.8, 4) is 0 Å². The van der Waals surface area contributed by atoms with Crippen LogP contribution in [0.4, 0.5) is 13.2 Å². The van der Waals surface area contributed by atoms with Gasteiger partial charge in [0.15, 0.2) is 0 Å². The van der Waals surface area contributed by atoms with Gasteiger partial charge in [-0.2, -0.15) is 13.2 Å². The number of amides is 2. The Morgan fingerprint density at radius 2 is 1.47 bits per heavy atom. The number of carbonyl (C=O) groups is 3. The first-order chi connectivity index (χ1) is 8.65. The lowest BCUT2D eigenvalue weighted by molar-refractivity contribution is -0.192. The Balaban J connectivity index is 0. The highest BCUT2D eigenvalue weighted by Crippen LogP contribution is 2.13. The maximum atomic E-state index is 10.8. The number of carboxylic acid groups (broad SMARTS) is 1. The Morgan fingerprint density at radius 3 is 1.79 bits per heavy atom. The molecule has 0 spiro atoms. The predicted molar refractivity (Wildman–Crippen MR) is 59.3 cm³/mol. The molecule has 0 aromatic carbocycles. The van der Waals surface area contributed by atoms with Crippen molar-refractivity contribution in [1.82, 2.24) is 16.0 Å². The van der Waals surface area contributed by atoms with Crippen molar-refractivity contribution >= 4 is 17.8 Å². The highest BCUT2D eigenvalue weighted by atomic mass is 19.4. The van der Waals surface area contributed by atoms with Gasteiger partial charge in [-0.05, 0) is 14.0 Å². The molecule has 0 aromatic heterocycles. The van der Waals surface area contributed by atoms with Gasteiger partial charge >= 0.3 is 12.1 Å². The van der Waals surface area contributed by atoms with Gasteiger partial charge in [-0.25, -0.2) is 4.79 Å². The average molecular weight is 287 g/mol. The molecule has 0 saturated heterocycles. The van der Waals surface area contributed by atoms with Crippen molar-refractivity contribution in [2.24, 2.45) is 0 Å². The Kier molecular flexibility index (Phi) is 10.4. The molecule has 7 nitrogen and oxygen atoms in total. The van der Waals surface area contributed by atoms with E-state index in [9.17, 15) is 22.8 Å². The molecule has 10 heteroatoms. The number of alkyl halides is 3. The number of hydrogen-bond donors (Lipinski definition) is 4. The lowest BCUT2D eigenvalue weighted by Gasteiger charge is -2.03. The predicted octanol–water partition coefficient (Wildman–Crippen LogP) is -0.909. The standard InChI is InChI=1S/C7H15N3O2.C2HF3O2/c1-3-9-7(12)5-10-6(11)4-8-2;3-2(4,5)1(6)7/h8H,3-5H2,1-2H3,(H,9,12)(H,10,11);(H,6,7). The summed E-state index contributed by atoms with van der Waals surface area (Å²) in [5, 5.41) is 14.8. The van der Waals surface area contributed by atoms with Crippen LogP contribution in [-0.4, -0.2) is 55.7 Å². The number of carboxylic acids is 1. The first kappa shape index (κ1) is 19.5. The van der Waals surface area contributed by atoms with Crippen LogP contribution in [-0.2, 0) is 14.4 Å². The number of rotatable bonds is 5. The van der Waals surface area contributed by atoms with Crippen LogP contribution in [0.25, 0.3) is 0 Å². The van der Waals surface area contributed by atoms with Crippen molar-refractivity contribution < 1.29 is 32.7 Å². The molecule has 2 amide bonds. The number of carbonyl (C=O) groups excluding carboxylic acids is 2. The van der Waals surface area contributed by atoms with Gasteiger partial charge in [0.2, 0.25) is 11.8 Å². The zero-order chi connectivity index (χ0) is 15.5.